The number of unbranched alkanes of at least 4 members (excludes halogenated alkanes) is 5. The maximum Gasteiger partial charge on any atom is 0.279 e. The molecule has 19 heavy (non-hydrogen) atoms. The Labute approximate surface area is 119 Å². The summed E-state index contributed by atoms with van der Waals surface area (Å²) in [4.78, 5) is 0. The summed E-state index contributed by atoms with van der Waals surface area (Å²) in [6.07, 6.45) is 7.83. The minimum Gasteiger partial charge on any atom is -0.320 e. The lowest BCUT2D eigenvalue weighted by molar-refractivity contribution is 0.446. The maximum atomic E-state index is 11.9. The van der Waals surface area contributed by atoms with E-state index >= 15 is 0 Å². The number of hydrogen-bond acceptors (Lipinski definition) is 3. The second-order valence-corrected chi connectivity index (χ2v) is 6.81. The van der Waals surface area contributed by atoms with Crippen LogP contribution in [0.3, 0.4) is 0 Å². The van der Waals surface area contributed by atoms with Crippen LogP contribution in [0.4, 0.5) is 0 Å². The summed E-state index contributed by atoms with van der Waals surface area (Å²) in [5.41, 5.74) is 0. The molecule has 116 valence electrons. The zero-order valence-electron chi connectivity index (χ0n) is 12.7. The Morgan fingerprint density at radius 3 is 2.21 bits per heavy atom. The van der Waals surface area contributed by atoms with Crippen LogP contribution in [0.15, 0.2) is 0 Å². The second-order valence-electron chi connectivity index (χ2n) is 4.95. The van der Waals surface area contributed by atoms with E-state index in [9.17, 15) is 8.42 Å². The van der Waals surface area contributed by atoms with Crippen molar-refractivity contribution in [2.45, 2.75) is 51.9 Å². The summed E-state index contributed by atoms with van der Waals surface area (Å²) in [7, 11) is 0.208. The van der Waals surface area contributed by atoms with Crippen LogP contribution in [0.5, 0.6) is 0 Å². The van der Waals surface area contributed by atoms with Gasteiger partial charge in [0.1, 0.15) is 0 Å². The molecule has 0 aromatic rings. The third-order valence-corrected chi connectivity index (χ3v) is 4.70. The van der Waals surface area contributed by atoms with Crippen LogP contribution in [0.1, 0.15) is 51.9 Å². The first-order valence-electron chi connectivity index (χ1n) is 7.40. The van der Waals surface area contributed by atoms with E-state index < -0.39 is 10.2 Å². The largest absolute Gasteiger partial charge is 0.320 e. The minimum absolute atomic E-state index is 0.546. The number of hydrogen-bond donors (Lipinski definition) is 2. The molecule has 0 unspecified atom stereocenters. The summed E-state index contributed by atoms with van der Waals surface area (Å²) < 4.78 is 27.8. The molecule has 0 atom stereocenters. The zero-order valence-corrected chi connectivity index (χ0v) is 13.6. The van der Waals surface area contributed by atoms with Crippen molar-refractivity contribution in [3.63, 3.8) is 0 Å². The van der Waals surface area contributed by atoms with Gasteiger partial charge in [0.2, 0.25) is 0 Å². The van der Waals surface area contributed by atoms with E-state index in [0.717, 1.165) is 25.8 Å². The van der Waals surface area contributed by atoms with Gasteiger partial charge < -0.3 is 5.32 Å². The van der Waals surface area contributed by atoms with Crippen LogP contribution in [0.2, 0.25) is 0 Å². The molecule has 0 aliphatic rings. The molecule has 0 aromatic heterocycles. The Morgan fingerprint density at radius 1 is 0.947 bits per heavy atom. The van der Waals surface area contributed by atoms with Crippen molar-refractivity contribution in [1.29, 1.82) is 0 Å². The fourth-order valence-electron chi connectivity index (χ4n) is 1.82. The third-order valence-electron chi connectivity index (χ3n) is 3.12. The van der Waals surface area contributed by atoms with E-state index in [1.807, 2.05) is 7.05 Å². The Hall–Kier alpha value is -0.170. The van der Waals surface area contributed by atoms with Gasteiger partial charge in [-0.05, 0) is 26.4 Å². The molecule has 6 heteroatoms. The predicted molar refractivity (Wildman–Crippen MR) is 81.5 cm³/mol. The molecule has 0 bridgehead atoms. The van der Waals surface area contributed by atoms with Crippen LogP contribution in [-0.4, -0.2) is 46.5 Å². The highest BCUT2D eigenvalue weighted by molar-refractivity contribution is 7.87. The molecule has 0 amide bonds. The van der Waals surface area contributed by atoms with Gasteiger partial charge in [0, 0.05) is 20.1 Å². The lowest BCUT2D eigenvalue weighted by atomic mass is 10.1. The summed E-state index contributed by atoms with van der Waals surface area (Å²) in [5.74, 6) is 0. The van der Waals surface area contributed by atoms with Crippen LogP contribution < -0.4 is 10.0 Å². The smallest absolute Gasteiger partial charge is 0.279 e. The van der Waals surface area contributed by atoms with Crippen molar-refractivity contribution in [2.24, 2.45) is 0 Å². The molecular formula is C13H31N3O2S. The Bertz CT molecular complexity index is 294. The van der Waals surface area contributed by atoms with Crippen molar-refractivity contribution in [3.05, 3.63) is 0 Å². The molecule has 0 aromatic carbocycles. The van der Waals surface area contributed by atoms with E-state index in [4.69, 9.17) is 0 Å². The number of nitrogens with zero attached hydrogens (tertiary/aromatic N) is 1. The first-order chi connectivity index (χ1) is 9.04. The molecule has 0 heterocycles. The zero-order chi connectivity index (χ0) is 14.6. The molecule has 0 aliphatic carbocycles. The van der Waals surface area contributed by atoms with E-state index in [0.29, 0.717) is 13.1 Å². The minimum atomic E-state index is -3.28. The van der Waals surface area contributed by atoms with Crippen LogP contribution in [0.25, 0.3) is 0 Å². The summed E-state index contributed by atoms with van der Waals surface area (Å²) in [6, 6.07) is 0. The number of rotatable bonds is 13. The maximum absolute atomic E-state index is 11.9. The summed E-state index contributed by atoms with van der Waals surface area (Å²) in [6.45, 7) is 4.12. The van der Waals surface area contributed by atoms with E-state index in [2.05, 4.69) is 17.0 Å². The van der Waals surface area contributed by atoms with Gasteiger partial charge in [-0.15, -0.1) is 0 Å². The van der Waals surface area contributed by atoms with Gasteiger partial charge in [0.15, 0.2) is 0 Å². The quantitative estimate of drug-likeness (QED) is 0.508. The SMILES string of the molecule is CCCCCCCCNS(=O)(=O)N(C)CCCNC. The van der Waals surface area contributed by atoms with Crippen LogP contribution >= 0.6 is 0 Å². The molecule has 0 spiro atoms. The van der Waals surface area contributed by atoms with E-state index in [1.54, 1.807) is 7.05 Å². The Morgan fingerprint density at radius 2 is 1.58 bits per heavy atom. The van der Waals surface area contributed by atoms with Crippen molar-refractivity contribution in [3.8, 4) is 0 Å². The van der Waals surface area contributed by atoms with Gasteiger partial charge >= 0.3 is 0 Å². The molecule has 0 saturated carbocycles. The second kappa shape index (κ2) is 11.6. The molecule has 2 N–H and O–H groups in total. The molecule has 0 saturated heterocycles. The van der Waals surface area contributed by atoms with Gasteiger partial charge in [0.05, 0.1) is 0 Å². The first kappa shape index (κ1) is 18.8. The first-order valence-corrected chi connectivity index (χ1v) is 8.84. The van der Waals surface area contributed by atoms with Crippen molar-refractivity contribution < 1.29 is 8.42 Å². The van der Waals surface area contributed by atoms with E-state index in [-0.39, 0.29) is 0 Å². The lowest BCUT2D eigenvalue weighted by Crippen LogP contribution is -2.39. The van der Waals surface area contributed by atoms with Crippen LogP contribution in [-0.2, 0) is 10.2 Å². The molecular weight excluding hydrogens is 262 g/mol. The Balaban J connectivity index is 3.66. The highest BCUT2D eigenvalue weighted by Gasteiger charge is 2.15. The standard InChI is InChI=1S/C13H31N3O2S/c1-4-5-6-7-8-9-12-15-19(17,18)16(3)13-10-11-14-2/h14-15H,4-13H2,1-3H3. The van der Waals surface area contributed by atoms with Gasteiger partial charge in [0.25, 0.3) is 10.2 Å². The van der Waals surface area contributed by atoms with Crippen molar-refractivity contribution in [1.82, 2.24) is 14.3 Å². The van der Waals surface area contributed by atoms with Gasteiger partial charge in [-0.3, -0.25) is 0 Å². The predicted octanol–water partition coefficient (Wildman–Crippen LogP) is 1.72. The highest BCUT2D eigenvalue weighted by Crippen LogP contribution is 2.04. The van der Waals surface area contributed by atoms with Gasteiger partial charge in [-0.1, -0.05) is 39.0 Å². The van der Waals surface area contributed by atoms with E-state index in [1.165, 1.54) is 30.0 Å². The van der Waals surface area contributed by atoms with Crippen molar-refractivity contribution >= 4 is 10.2 Å². The fraction of sp³-hybridized carbons (Fsp3) is 1.00. The third kappa shape index (κ3) is 10.3. The number of nitrogens with one attached hydrogen (secondary N) is 2. The van der Waals surface area contributed by atoms with Crippen LogP contribution in [0, 0.1) is 0 Å². The van der Waals surface area contributed by atoms with Crippen molar-refractivity contribution in [2.75, 3.05) is 33.7 Å². The topological polar surface area (TPSA) is 61.4 Å². The van der Waals surface area contributed by atoms with Gasteiger partial charge in [-0.25, -0.2) is 4.72 Å². The molecule has 0 aliphatic heterocycles. The fourth-order valence-corrected chi connectivity index (χ4v) is 2.81. The highest BCUT2D eigenvalue weighted by atomic mass is 32.2. The molecule has 0 radical (unpaired) electrons. The summed E-state index contributed by atoms with van der Waals surface area (Å²) >= 11 is 0. The lowest BCUT2D eigenvalue weighted by Gasteiger charge is -2.17. The molecule has 0 fully saturated rings. The average Bonchev–Trinajstić information content (AvgIpc) is 2.37. The van der Waals surface area contributed by atoms with Gasteiger partial charge in [-0.2, -0.15) is 12.7 Å². The Kier molecular flexibility index (Phi) is 11.5. The molecule has 5 nitrogen and oxygen atoms in total. The molecule has 0 rings (SSSR count). The monoisotopic (exact) mass is 293 g/mol. The normalized spacial score (nSPS) is 12.2. The summed E-state index contributed by atoms with van der Waals surface area (Å²) in [5, 5.41) is 3.01. The average molecular weight is 293 g/mol.